The summed E-state index contributed by atoms with van der Waals surface area (Å²) in [6, 6.07) is 7.50. The number of hydrogen-bond acceptors (Lipinski definition) is 4. The Kier molecular flexibility index (Phi) is 4.34. The number of ether oxygens (including phenoxy) is 1. The number of fused-ring (bicyclic) bond motifs is 1. The normalized spacial score (nSPS) is 12.7. The van der Waals surface area contributed by atoms with Crippen molar-refractivity contribution in [1.29, 1.82) is 0 Å². The molecule has 1 heterocycles. The van der Waals surface area contributed by atoms with Gasteiger partial charge in [0, 0.05) is 4.88 Å². The van der Waals surface area contributed by atoms with Crippen molar-refractivity contribution in [3.63, 3.8) is 0 Å². The van der Waals surface area contributed by atoms with Crippen LogP contribution in [0.25, 0.3) is 0 Å². The molecule has 6 heteroatoms. The van der Waals surface area contributed by atoms with Crippen molar-refractivity contribution >= 4 is 28.2 Å². The summed E-state index contributed by atoms with van der Waals surface area (Å²) in [6.45, 7) is 1.81. The Bertz CT molecular complexity index is 767. The molecule has 1 aromatic carbocycles. The first-order valence-corrected chi connectivity index (χ1v) is 8.30. The second-order valence-corrected chi connectivity index (χ2v) is 6.63. The van der Waals surface area contributed by atoms with Crippen LogP contribution in [0.15, 0.2) is 24.3 Å². The molecule has 0 bridgehead atoms. The van der Waals surface area contributed by atoms with Gasteiger partial charge in [-0.1, -0.05) is 18.2 Å². The van der Waals surface area contributed by atoms with Crippen LogP contribution in [-0.4, -0.2) is 18.4 Å². The van der Waals surface area contributed by atoms with Gasteiger partial charge in [-0.15, -0.1) is 11.3 Å². The van der Waals surface area contributed by atoms with E-state index in [9.17, 15) is 9.59 Å². The number of thiophene rings is 1. The molecule has 0 unspecified atom stereocenters. The van der Waals surface area contributed by atoms with Gasteiger partial charge in [0.25, 0.3) is 11.8 Å². The van der Waals surface area contributed by atoms with E-state index in [2.05, 4.69) is 5.32 Å². The van der Waals surface area contributed by atoms with E-state index in [0.717, 1.165) is 35.3 Å². The topological polar surface area (TPSA) is 81.4 Å². The zero-order chi connectivity index (χ0) is 16.4. The van der Waals surface area contributed by atoms with E-state index in [1.54, 1.807) is 0 Å². The van der Waals surface area contributed by atoms with Gasteiger partial charge in [0.1, 0.15) is 10.8 Å². The van der Waals surface area contributed by atoms with Gasteiger partial charge in [0.05, 0.1) is 5.56 Å². The van der Waals surface area contributed by atoms with E-state index < -0.39 is 5.91 Å². The van der Waals surface area contributed by atoms with Crippen LogP contribution < -0.4 is 15.8 Å². The molecule has 0 saturated carbocycles. The van der Waals surface area contributed by atoms with Crippen LogP contribution in [0.3, 0.4) is 0 Å². The molecule has 1 aliphatic carbocycles. The Morgan fingerprint density at radius 3 is 2.83 bits per heavy atom. The van der Waals surface area contributed by atoms with Crippen LogP contribution in [0.4, 0.5) is 5.00 Å². The molecular weight excluding hydrogens is 312 g/mol. The lowest BCUT2D eigenvalue weighted by atomic mass is 10.1. The number of carbonyl (C=O) groups excluding carboxylic acids is 2. The highest BCUT2D eigenvalue weighted by atomic mass is 32.1. The van der Waals surface area contributed by atoms with E-state index in [-0.39, 0.29) is 12.5 Å². The summed E-state index contributed by atoms with van der Waals surface area (Å²) >= 11 is 1.44. The fourth-order valence-corrected chi connectivity index (χ4v) is 4.09. The van der Waals surface area contributed by atoms with Gasteiger partial charge in [0.2, 0.25) is 0 Å². The van der Waals surface area contributed by atoms with Gasteiger partial charge in [-0.3, -0.25) is 9.59 Å². The van der Waals surface area contributed by atoms with Gasteiger partial charge in [0.15, 0.2) is 6.61 Å². The van der Waals surface area contributed by atoms with Crippen molar-refractivity contribution in [3.05, 3.63) is 45.8 Å². The summed E-state index contributed by atoms with van der Waals surface area (Å²) in [4.78, 5) is 25.0. The summed E-state index contributed by atoms with van der Waals surface area (Å²) in [6.07, 6.45) is 2.82. The van der Waals surface area contributed by atoms with Crippen molar-refractivity contribution in [3.8, 4) is 5.75 Å². The molecule has 23 heavy (non-hydrogen) atoms. The maximum Gasteiger partial charge on any atom is 0.262 e. The van der Waals surface area contributed by atoms with Gasteiger partial charge in [-0.25, -0.2) is 0 Å². The van der Waals surface area contributed by atoms with Gasteiger partial charge in [-0.05, 0) is 43.4 Å². The predicted octanol–water partition coefficient (Wildman–Crippen LogP) is 2.66. The molecule has 120 valence electrons. The molecule has 0 radical (unpaired) electrons. The highest BCUT2D eigenvalue weighted by molar-refractivity contribution is 7.17. The molecule has 0 saturated heterocycles. The number of hydrogen-bond donors (Lipinski definition) is 2. The summed E-state index contributed by atoms with van der Waals surface area (Å²) in [5.74, 6) is -0.110. The molecule has 1 aliphatic rings. The van der Waals surface area contributed by atoms with E-state index in [1.807, 2.05) is 31.2 Å². The fourth-order valence-electron chi connectivity index (χ4n) is 2.78. The van der Waals surface area contributed by atoms with Crippen LogP contribution in [0.5, 0.6) is 5.75 Å². The number of amides is 2. The summed E-state index contributed by atoms with van der Waals surface area (Å²) in [5.41, 5.74) is 7.91. The fraction of sp³-hybridized carbons (Fsp3) is 0.294. The van der Waals surface area contributed by atoms with Crippen molar-refractivity contribution in [1.82, 2.24) is 0 Å². The number of rotatable bonds is 5. The molecule has 1 aromatic heterocycles. The third kappa shape index (κ3) is 3.22. The first-order chi connectivity index (χ1) is 11.1. The molecule has 5 nitrogen and oxygen atoms in total. The largest absolute Gasteiger partial charge is 0.483 e. The Morgan fingerprint density at radius 1 is 1.30 bits per heavy atom. The number of aryl methyl sites for hydroxylation is 2. The number of benzene rings is 1. The van der Waals surface area contributed by atoms with Crippen molar-refractivity contribution in [2.45, 2.75) is 26.2 Å². The first kappa shape index (κ1) is 15.6. The van der Waals surface area contributed by atoms with Crippen molar-refractivity contribution in [2.75, 3.05) is 11.9 Å². The lowest BCUT2D eigenvalue weighted by molar-refractivity contribution is -0.118. The number of nitrogens with two attached hydrogens (primary N) is 1. The standard InChI is InChI=1S/C17H18N2O3S/c1-10-5-2-3-7-12(10)22-9-14(20)19-17-15(16(18)21)11-6-4-8-13(11)23-17/h2-3,5,7H,4,6,8-9H2,1H3,(H2,18,21)(H,19,20). The third-order valence-electron chi connectivity index (χ3n) is 3.87. The minimum Gasteiger partial charge on any atom is -0.483 e. The number of nitrogens with one attached hydrogen (secondary N) is 1. The quantitative estimate of drug-likeness (QED) is 0.884. The Labute approximate surface area is 138 Å². The third-order valence-corrected chi connectivity index (χ3v) is 5.08. The summed E-state index contributed by atoms with van der Waals surface area (Å²) in [7, 11) is 0. The van der Waals surface area contributed by atoms with Crippen molar-refractivity contribution < 1.29 is 14.3 Å². The van der Waals surface area contributed by atoms with Crippen LogP contribution in [-0.2, 0) is 17.6 Å². The van der Waals surface area contributed by atoms with E-state index in [1.165, 1.54) is 11.3 Å². The number of primary amides is 1. The monoisotopic (exact) mass is 330 g/mol. The van der Waals surface area contributed by atoms with Gasteiger partial charge >= 0.3 is 0 Å². The number of para-hydroxylation sites is 1. The molecule has 0 atom stereocenters. The second kappa shape index (κ2) is 6.42. The Morgan fingerprint density at radius 2 is 2.09 bits per heavy atom. The zero-order valence-electron chi connectivity index (χ0n) is 12.8. The summed E-state index contributed by atoms with van der Waals surface area (Å²) in [5, 5.41) is 3.31. The maximum atomic E-state index is 12.1. The molecule has 0 aliphatic heterocycles. The second-order valence-electron chi connectivity index (χ2n) is 5.53. The Balaban J connectivity index is 1.69. The number of carbonyl (C=O) groups is 2. The lowest BCUT2D eigenvalue weighted by Gasteiger charge is -2.09. The minimum atomic E-state index is -0.487. The maximum absolute atomic E-state index is 12.1. The Hall–Kier alpha value is -2.34. The SMILES string of the molecule is Cc1ccccc1OCC(=O)Nc1sc2c(c1C(N)=O)CCC2. The van der Waals surface area contributed by atoms with E-state index >= 15 is 0 Å². The molecule has 0 fully saturated rings. The van der Waals surface area contributed by atoms with Crippen molar-refractivity contribution in [2.24, 2.45) is 5.73 Å². The first-order valence-electron chi connectivity index (χ1n) is 7.49. The van der Waals surface area contributed by atoms with Gasteiger partial charge < -0.3 is 15.8 Å². The molecule has 2 aromatic rings. The molecule has 3 N–H and O–H groups in total. The average Bonchev–Trinajstić information content (AvgIpc) is 3.06. The van der Waals surface area contributed by atoms with Crippen LogP contribution >= 0.6 is 11.3 Å². The smallest absolute Gasteiger partial charge is 0.262 e. The number of anilines is 1. The van der Waals surface area contributed by atoms with Crippen LogP contribution in [0.1, 0.15) is 32.8 Å². The summed E-state index contributed by atoms with van der Waals surface area (Å²) < 4.78 is 5.52. The molecule has 0 spiro atoms. The van der Waals surface area contributed by atoms with Crippen LogP contribution in [0.2, 0.25) is 0 Å². The lowest BCUT2D eigenvalue weighted by Crippen LogP contribution is -2.22. The highest BCUT2D eigenvalue weighted by Crippen LogP contribution is 2.38. The molecular formula is C17H18N2O3S. The highest BCUT2D eigenvalue weighted by Gasteiger charge is 2.26. The zero-order valence-corrected chi connectivity index (χ0v) is 13.7. The molecule has 2 amide bonds. The van der Waals surface area contributed by atoms with Gasteiger partial charge in [-0.2, -0.15) is 0 Å². The minimum absolute atomic E-state index is 0.106. The van der Waals surface area contributed by atoms with E-state index in [4.69, 9.17) is 10.5 Å². The van der Waals surface area contributed by atoms with Crippen LogP contribution in [0, 0.1) is 6.92 Å². The predicted molar refractivity (Wildman–Crippen MR) is 90.2 cm³/mol. The molecule has 3 rings (SSSR count). The van der Waals surface area contributed by atoms with E-state index in [0.29, 0.717) is 16.3 Å². The average molecular weight is 330 g/mol.